The highest BCUT2D eigenvalue weighted by atomic mass is 32.2. The van der Waals surface area contributed by atoms with Gasteiger partial charge in [-0.15, -0.1) is 0 Å². The molecule has 0 unspecified atom stereocenters. The molecule has 8 heteroatoms. The Hall–Kier alpha value is -1.48. The number of methoxy groups -OCH3 is 1. The second kappa shape index (κ2) is 7.68. The third-order valence-electron chi connectivity index (χ3n) is 3.50. The lowest BCUT2D eigenvalue weighted by Crippen LogP contribution is -2.46. The molecule has 1 aliphatic heterocycles. The van der Waals surface area contributed by atoms with Crippen molar-refractivity contribution < 1.29 is 17.9 Å². The number of nitrogens with zero attached hydrogens (tertiary/aromatic N) is 1. The molecule has 1 heterocycles. The molecule has 0 radical (unpaired) electrons. The molecule has 1 fully saturated rings. The highest BCUT2D eigenvalue weighted by Gasteiger charge is 2.17. The predicted octanol–water partition coefficient (Wildman–Crippen LogP) is -0.343. The van der Waals surface area contributed by atoms with Crippen molar-refractivity contribution in [2.75, 3.05) is 46.4 Å². The van der Waals surface area contributed by atoms with Crippen LogP contribution in [-0.4, -0.2) is 65.7 Å². The fraction of sp³-hybridized carbons (Fsp3) is 0.500. The Labute approximate surface area is 130 Å². The zero-order valence-corrected chi connectivity index (χ0v) is 13.4. The predicted molar refractivity (Wildman–Crippen MR) is 82.3 cm³/mol. The zero-order valence-electron chi connectivity index (χ0n) is 12.5. The van der Waals surface area contributed by atoms with Gasteiger partial charge in [-0.05, 0) is 18.2 Å². The minimum atomic E-state index is -3.63. The third-order valence-corrected chi connectivity index (χ3v) is 4.95. The number of hydrogen-bond donors (Lipinski definition) is 2. The van der Waals surface area contributed by atoms with Gasteiger partial charge in [0.15, 0.2) is 0 Å². The van der Waals surface area contributed by atoms with Gasteiger partial charge in [-0.3, -0.25) is 4.90 Å². The van der Waals surface area contributed by atoms with Crippen LogP contribution in [-0.2, 0) is 14.8 Å². The third kappa shape index (κ3) is 4.51. The van der Waals surface area contributed by atoms with E-state index in [0.29, 0.717) is 13.1 Å². The highest BCUT2D eigenvalue weighted by Crippen LogP contribution is 2.12. The average molecular weight is 327 g/mol. The number of nitrogens with one attached hydrogen (secondary N) is 2. The van der Waals surface area contributed by atoms with Crippen LogP contribution in [0, 0.1) is 0 Å². The summed E-state index contributed by atoms with van der Waals surface area (Å²) in [6, 6.07) is 5.82. The normalized spacial score (nSPS) is 16.4. The summed E-state index contributed by atoms with van der Waals surface area (Å²) in [6.07, 6.45) is 0. The summed E-state index contributed by atoms with van der Waals surface area (Å²) in [5, 5.41) is 3.25. The number of piperazine rings is 1. The van der Waals surface area contributed by atoms with Gasteiger partial charge in [-0.1, -0.05) is 6.07 Å². The molecule has 1 aromatic rings. The minimum absolute atomic E-state index is 0.0655. The van der Waals surface area contributed by atoms with Gasteiger partial charge in [0, 0.05) is 39.3 Å². The quantitative estimate of drug-likeness (QED) is 0.695. The van der Waals surface area contributed by atoms with Crippen LogP contribution in [0.5, 0.6) is 0 Å². The maximum absolute atomic E-state index is 12.2. The highest BCUT2D eigenvalue weighted by molar-refractivity contribution is 7.89. The molecular formula is C14H21N3O4S. The minimum Gasteiger partial charge on any atom is -0.465 e. The molecule has 0 spiro atoms. The molecule has 0 aliphatic carbocycles. The summed E-state index contributed by atoms with van der Waals surface area (Å²) in [7, 11) is -2.37. The first-order valence-electron chi connectivity index (χ1n) is 7.14. The Morgan fingerprint density at radius 3 is 2.77 bits per heavy atom. The van der Waals surface area contributed by atoms with Crippen molar-refractivity contribution in [3.05, 3.63) is 29.8 Å². The zero-order chi connectivity index (χ0) is 16.0. The smallest absolute Gasteiger partial charge is 0.337 e. The van der Waals surface area contributed by atoms with Crippen LogP contribution in [0.25, 0.3) is 0 Å². The van der Waals surface area contributed by atoms with E-state index in [2.05, 4.69) is 19.7 Å². The summed E-state index contributed by atoms with van der Waals surface area (Å²) in [5.74, 6) is -0.558. The lowest BCUT2D eigenvalue weighted by atomic mass is 10.2. The van der Waals surface area contributed by atoms with Crippen LogP contribution in [0.15, 0.2) is 29.2 Å². The number of carbonyl (C=O) groups excluding carboxylic acids is 1. The first kappa shape index (κ1) is 16.9. The van der Waals surface area contributed by atoms with Crippen LogP contribution in [0.3, 0.4) is 0 Å². The van der Waals surface area contributed by atoms with Crippen LogP contribution >= 0.6 is 0 Å². The molecule has 0 amide bonds. The average Bonchev–Trinajstić information content (AvgIpc) is 2.55. The summed E-state index contributed by atoms with van der Waals surface area (Å²) >= 11 is 0. The molecule has 7 nitrogen and oxygen atoms in total. The number of carbonyl (C=O) groups is 1. The van der Waals surface area contributed by atoms with Gasteiger partial charge in [0.1, 0.15) is 0 Å². The van der Waals surface area contributed by atoms with Crippen LogP contribution < -0.4 is 10.0 Å². The van der Waals surface area contributed by atoms with Crippen molar-refractivity contribution in [2.24, 2.45) is 0 Å². The summed E-state index contributed by atoms with van der Waals surface area (Å²) in [5.41, 5.74) is 0.215. The number of benzene rings is 1. The van der Waals surface area contributed by atoms with Gasteiger partial charge in [-0.25, -0.2) is 17.9 Å². The van der Waals surface area contributed by atoms with Crippen molar-refractivity contribution in [3.63, 3.8) is 0 Å². The van der Waals surface area contributed by atoms with Gasteiger partial charge in [0.25, 0.3) is 0 Å². The Bertz CT molecular complexity index is 612. The van der Waals surface area contributed by atoms with Crippen molar-refractivity contribution in [1.29, 1.82) is 0 Å². The number of sulfonamides is 1. The summed E-state index contributed by atoms with van der Waals surface area (Å²) in [4.78, 5) is 13.7. The van der Waals surface area contributed by atoms with E-state index in [9.17, 15) is 13.2 Å². The Balaban J connectivity index is 1.96. The van der Waals surface area contributed by atoms with E-state index < -0.39 is 16.0 Å². The number of hydrogen-bond acceptors (Lipinski definition) is 6. The number of ether oxygens (including phenoxy) is 1. The second-order valence-corrected chi connectivity index (χ2v) is 6.78. The lowest BCUT2D eigenvalue weighted by Gasteiger charge is -2.27. The molecule has 0 saturated carbocycles. The van der Waals surface area contributed by atoms with E-state index in [1.54, 1.807) is 0 Å². The Morgan fingerprint density at radius 1 is 1.36 bits per heavy atom. The van der Waals surface area contributed by atoms with Crippen LogP contribution in [0.1, 0.15) is 10.4 Å². The topological polar surface area (TPSA) is 87.7 Å². The fourth-order valence-corrected chi connectivity index (χ4v) is 3.33. The van der Waals surface area contributed by atoms with E-state index in [0.717, 1.165) is 26.2 Å². The first-order chi connectivity index (χ1) is 10.5. The van der Waals surface area contributed by atoms with E-state index in [1.165, 1.54) is 31.4 Å². The van der Waals surface area contributed by atoms with E-state index in [4.69, 9.17) is 0 Å². The SMILES string of the molecule is COC(=O)c1cccc(S(=O)(=O)NCCN2CCNCC2)c1. The molecule has 0 aromatic heterocycles. The summed E-state index contributed by atoms with van der Waals surface area (Å²) in [6.45, 7) is 4.68. The van der Waals surface area contributed by atoms with Crippen molar-refractivity contribution in [2.45, 2.75) is 4.90 Å². The van der Waals surface area contributed by atoms with Crippen molar-refractivity contribution in [3.8, 4) is 0 Å². The molecule has 2 rings (SSSR count). The van der Waals surface area contributed by atoms with Crippen LogP contribution in [0.2, 0.25) is 0 Å². The maximum atomic E-state index is 12.2. The van der Waals surface area contributed by atoms with Crippen LogP contribution in [0.4, 0.5) is 0 Å². The van der Waals surface area contributed by atoms with Gasteiger partial charge in [-0.2, -0.15) is 0 Å². The van der Waals surface area contributed by atoms with E-state index in [-0.39, 0.29) is 10.5 Å². The Morgan fingerprint density at radius 2 is 2.09 bits per heavy atom. The van der Waals surface area contributed by atoms with E-state index >= 15 is 0 Å². The van der Waals surface area contributed by atoms with E-state index in [1.807, 2.05) is 0 Å². The van der Waals surface area contributed by atoms with Crippen molar-refractivity contribution >= 4 is 16.0 Å². The monoisotopic (exact) mass is 327 g/mol. The summed E-state index contributed by atoms with van der Waals surface area (Å²) < 4.78 is 31.6. The van der Waals surface area contributed by atoms with Gasteiger partial charge >= 0.3 is 5.97 Å². The standard InChI is InChI=1S/C14H21N3O4S/c1-21-14(18)12-3-2-4-13(11-12)22(19,20)16-7-10-17-8-5-15-6-9-17/h2-4,11,15-16H,5-10H2,1H3. The second-order valence-electron chi connectivity index (χ2n) is 5.01. The molecular weight excluding hydrogens is 306 g/mol. The molecule has 22 heavy (non-hydrogen) atoms. The number of esters is 1. The molecule has 1 saturated heterocycles. The molecule has 0 bridgehead atoms. The maximum Gasteiger partial charge on any atom is 0.337 e. The fourth-order valence-electron chi connectivity index (χ4n) is 2.26. The molecule has 1 aliphatic rings. The molecule has 1 aromatic carbocycles. The first-order valence-corrected chi connectivity index (χ1v) is 8.62. The Kier molecular flexibility index (Phi) is 5.90. The van der Waals surface area contributed by atoms with Gasteiger partial charge < -0.3 is 10.1 Å². The van der Waals surface area contributed by atoms with Crippen molar-refractivity contribution in [1.82, 2.24) is 14.9 Å². The lowest BCUT2D eigenvalue weighted by molar-refractivity contribution is 0.0600. The number of rotatable bonds is 6. The molecule has 2 N–H and O–H groups in total. The molecule has 0 atom stereocenters. The largest absolute Gasteiger partial charge is 0.465 e. The molecule has 122 valence electrons. The van der Waals surface area contributed by atoms with Gasteiger partial charge in [0.2, 0.25) is 10.0 Å². The van der Waals surface area contributed by atoms with Gasteiger partial charge in [0.05, 0.1) is 17.6 Å².